The van der Waals surface area contributed by atoms with Crippen LogP contribution in [-0.2, 0) is 20.4 Å². The number of fused-ring (bicyclic) bond motifs is 1. The average molecular weight is 511 g/mol. The normalized spacial score (nSPS) is 16.5. The Morgan fingerprint density at radius 2 is 1.54 bits per heavy atom. The van der Waals surface area contributed by atoms with E-state index in [1.807, 2.05) is 26.0 Å². The fourth-order valence-electron chi connectivity index (χ4n) is 1.98. The van der Waals surface area contributed by atoms with Crippen molar-refractivity contribution in [1.82, 2.24) is 0 Å². The van der Waals surface area contributed by atoms with Crippen molar-refractivity contribution in [2.24, 2.45) is 0 Å². The van der Waals surface area contributed by atoms with E-state index >= 15 is 0 Å². The molecule has 2 rings (SSSR count). The molecule has 26 heavy (non-hydrogen) atoms. The Balaban J connectivity index is 0.000000412. The number of esters is 1. The molecule has 0 aliphatic heterocycles. The number of halogens is 6. The van der Waals surface area contributed by atoms with E-state index in [0.717, 1.165) is 0 Å². The fourth-order valence-corrected chi connectivity index (χ4v) is 3.34. The maximum atomic E-state index is 11.8. The van der Waals surface area contributed by atoms with Gasteiger partial charge in [-0.2, -0.15) is 0 Å². The number of hydrogen-bond acceptors (Lipinski definition) is 2. The molecule has 2 aromatic carbocycles. The van der Waals surface area contributed by atoms with Gasteiger partial charge in [0.05, 0.1) is 6.61 Å². The van der Waals surface area contributed by atoms with Crippen molar-refractivity contribution in [2.75, 3.05) is 12.9 Å². The van der Waals surface area contributed by atoms with Gasteiger partial charge in [0, 0.05) is 17.0 Å². The Morgan fingerprint density at radius 3 is 2.04 bits per heavy atom. The molecule has 2 aromatic rings. The van der Waals surface area contributed by atoms with Crippen LogP contribution in [0, 0.1) is 0 Å². The third-order valence-corrected chi connectivity index (χ3v) is 5.49. The van der Waals surface area contributed by atoms with Gasteiger partial charge in [-0.05, 0) is 36.8 Å². The summed E-state index contributed by atoms with van der Waals surface area (Å²) >= 11 is -11.2. The van der Waals surface area contributed by atoms with Gasteiger partial charge in [0.2, 0.25) is 5.25 Å². The average Bonchev–Trinajstić information content (AvgIpc) is 2.50. The third-order valence-electron chi connectivity index (χ3n) is 3.24. The monoisotopic (exact) mass is 510 g/mol. The summed E-state index contributed by atoms with van der Waals surface area (Å²) < 4.78 is 64.7. The van der Waals surface area contributed by atoms with Crippen LogP contribution >= 0.6 is 0 Å². The standard InChI is InChI=1S/C16H19O2S.6FH.Sb/c1-4-18-16(17)12(2)19(3)15-10-9-13-7-5-6-8-14(13)11-15;;;;;;;/h5-12H,4H2,1-3H3;6*1H;/q+1;;;;;;;+5/p-6. The minimum atomic E-state index is -11.2. The summed E-state index contributed by atoms with van der Waals surface area (Å²) in [5, 5.41) is 2.35. The summed E-state index contributed by atoms with van der Waals surface area (Å²) in [4.78, 5) is 13.0. The Morgan fingerprint density at radius 1 is 1.04 bits per heavy atom. The van der Waals surface area contributed by atoms with Crippen LogP contribution in [0.25, 0.3) is 10.8 Å². The molecule has 0 N–H and O–H groups in total. The van der Waals surface area contributed by atoms with Crippen molar-refractivity contribution >= 4 is 47.1 Å². The van der Waals surface area contributed by atoms with Crippen LogP contribution < -0.4 is 0 Å². The van der Waals surface area contributed by atoms with E-state index in [0.29, 0.717) is 6.61 Å². The van der Waals surface area contributed by atoms with Gasteiger partial charge in [-0.1, -0.05) is 24.3 Å². The predicted octanol–water partition coefficient (Wildman–Crippen LogP) is 5.54. The zero-order chi connectivity index (χ0) is 20.2. The summed E-state index contributed by atoms with van der Waals surface area (Å²) in [5.41, 5.74) is 0. The van der Waals surface area contributed by atoms with Crippen molar-refractivity contribution in [3.63, 3.8) is 0 Å². The molecule has 2 nitrogen and oxygen atoms in total. The van der Waals surface area contributed by atoms with Crippen molar-refractivity contribution in [3.05, 3.63) is 42.5 Å². The summed E-state index contributed by atoms with van der Waals surface area (Å²) in [6.07, 6.45) is 2.10. The molecule has 2 unspecified atom stereocenters. The van der Waals surface area contributed by atoms with E-state index in [2.05, 4.69) is 36.6 Å². The molecular formula is C16H19F6O2SSb. The molecule has 2 atom stereocenters. The Bertz CT molecular complexity index is 768. The maximum absolute atomic E-state index is 11.8. The SMILES string of the molecule is CCOC(=O)C(C)[S+](C)c1ccc2ccccc2c1.[F][Sb-]([F])([F])([F])([F])[F]. The van der Waals surface area contributed by atoms with Crippen LogP contribution in [0.3, 0.4) is 0 Å². The van der Waals surface area contributed by atoms with Gasteiger partial charge in [0.1, 0.15) is 6.26 Å². The summed E-state index contributed by atoms with van der Waals surface area (Å²) in [6, 6.07) is 14.7. The Labute approximate surface area is 152 Å². The predicted molar refractivity (Wildman–Crippen MR) is 94.0 cm³/mol. The molecule has 10 heteroatoms. The van der Waals surface area contributed by atoms with Crippen molar-refractivity contribution in [2.45, 2.75) is 24.0 Å². The molecule has 0 bridgehead atoms. The Hall–Kier alpha value is -1.08. The number of hydrogen-bond donors (Lipinski definition) is 0. The van der Waals surface area contributed by atoms with Crippen LogP contribution in [-0.4, -0.2) is 43.6 Å². The molecule has 0 aliphatic carbocycles. The van der Waals surface area contributed by atoms with Gasteiger partial charge >= 0.3 is 42.3 Å². The van der Waals surface area contributed by atoms with Crippen molar-refractivity contribution in [1.29, 1.82) is 0 Å². The zero-order valence-corrected chi connectivity index (χ0v) is 17.6. The number of carbonyl (C=O) groups excluding carboxylic acids is 1. The van der Waals surface area contributed by atoms with Gasteiger partial charge in [-0.15, -0.1) is 0 Å². The second-order valence-corrected chi connectivity index (χ2v) is 13.2. The summed E-state index contributed by atoms with van der Waals surface area (Å²) in [7, 11) is -0.140. The van der Waals surface area contributed by atoms with Crippen LogP contribution in [0.5, 0.6) is 0 Å². The van der Waals surface area contributed by atoms with Gasteiger partial charge in [-0.3, -0.25) is 0 Å². The van der Waals surface area contributed by atoms with Crippen molar-refractivity contribution in [3.8, 4) is 0 Å². The first kappa shape index (κ1) is 23.0. The molecule has 0 fully saturated rings. The van der Waals surface area contributed by atoms with E-state index in [-0.39, 0.29) is 22.1 Å². The molecule has 0 saturated heterocycles. The molecule has 0 spiro atoms. The Kier molecular flexibility index (Phi) is 6.63. The van der Waals surface area contributed by atoms with Gasteiger partial charge in [0.25, 0.3) is 0 Å². The fraction of sp³-hybridized carbons (Fsp3) is 0.312. The van der Waals surface area contributed by atoms with Crippen molar-refractivity contribution < 1.29 is 26.4 Å². The first-order valence-corrected chi connectivity index (χ1v) is 14.9. The summed E-state index contributed by atoms with van der Waals surface area (Å²) in [5.74, 6) is -0.110. The second-order valence-electron chi connectivity index (χ2n) is 5.42. The van der Waals surface area contributed by atoms with Crippen LogP contribution in [0.2, 0.25) is 0 Å². The number of ether oxygens (including phenoxy) is 1. The van der Waals surface area contributed by atoms with Gasteiger partial charge in [0.15, 0.2) is 4.90 Å². The van der Waals surface area contributed by atoms with Crippen LogP contribution in [0.1, 0.15) is 13.8 Å². The van der Waals surface area contributed by atoms with Gasteiger partial charge < -0.3 is 4.74 Å². The van der Waals surface area contributed by atoms with E-state index < -0.39 is 19.5 Å². The minimum absolute atomic E-state index is 0.0962. The first-order chi connectivity index (χ1) is 11.6. The number of carbonyl (C=O) groups is 1. The molecule has 148 valence electrons. The first-order valence-electron chi connectivity index (χ1n) is 7.45. The van der Waals surface area contributed by atoms with Crippen LogP contribution in [0.4, 0.5) is 16.9 Å². The molecular weight excluding hydrogens is 492 g/mol. The second kappa shape index (κ2) is 7.50. The van der Waals surface area contributed by atoms with E-state index in [1.165, 1.54) is 15.7 Å². The van der Waals surface area contributed by atoms with E-state index in [9.17, 15) is 21.7 Å². The zero-order valence-electron chi connectivity index (χ0n) is 14.3. The number of rotatable bonds is 4. The quantitative estimate of drug-likeness (QED) is 0.234. The molecule has 0 aliphatic rings. The van der Waals surface area contributed by atoms with Gasteiger partial charge in [-0.25, -0.2) is 4.79 Å². The molecule has 0 heterocycles. The molecule has 0 radical (unpaired) electrons. The van der Waals surface area contributed by atoms with E-state index in [1.54, 1.807) is 0 Å². The molecule has 0 aromatic heterocycles. The third kappa shape index (κ3) is 9.57. The number of benzene rings is 2. The molecule has 0 saturated carbocycles. The molecule has 0 amide bonds. The van der Waals surface area contributed by atoms with Crippen LogP contribution in [0.15, 0.2) is 47.4 Å². The summed E-state index contributed by atoms with van der Waals surface area (Å²) in [6.45, 7) is 4.23. The topological polar surface area (TPSA) is 26.3 Å². The van der Waals surface area contributed by atoms with E-state index in [4.69, 9.17) is 4.74 Å².